The van der Waals surface area contributed by atoms with Gasteiger partial charge in [0.05, 0.1) is 30.9 Å². The van der Waals surface area contributed by atoms with Crippen molar-refractivity contribution in [2.75, 3.05) is 20.2 Å². The lowest BCUT2D eigenvalue weighted by atomic mass is 9.85. The molecule has 1 amide bonds. The number of carbonyl (C=O) groups excluding carboxylic acids is 1. The Labute approximate surface area is 210 Å². The van der Waals surface area contributed by atoms with Crippen LogP contribution in [0, 0.1) is 0 Å². The van der Waals surface area contributed by atoms with Crippen LogP contribution >= 0.6 is 0 Å². The molecule has 0 aliphatic carbocycles. The highest BCUT2D eigenvalue weighted by molar-refractivity contribution is 5.77. The molecule has 0 spiro atoms. The summed E-state index contributed by atoms with van der Waals surface area (Å²) in [6.07, 6.45) is -9.89. The van der Waals surface area contributed by atoms with E-state index in [0.29, 0.717) is 12.1 Å². The van der Waals surface area contributed by atoms with Crippen LogP contribution in [0.1, 0.15) is 33.7 Å². The number of benzene rings is 3. The quantitative estimate of drug-likeness (QED) is 0.331. The number of amides is 1. The molecule has 0 heterocycles. The Morgan fingerprint density at radius 3 is 1.73 bits per heavy atom. The number of hydrogen-bond donors (Lipinski definition) is 2. The first-order valence-electron chi connectivity index (χ1n) is 11.4. The molecule has 2 N–H and O–H groups in total. The van der Waals surface area contributed by atoms with Crippen LogP contribution in [0.2, 0.25) is 0 Å². The predicted molar refractivity (Wildman–Crippen MR) is 127 cm³/mol. The fourth-order valence-corrected chi connectivity index (χ4v) is 3.97. The summed E-state index contributed by atoms with van der Waals surface area (Å²) < 4.78 is 85.0. The topological polar surface area (TPSA) is 50.4 Å². The van der Waals surface area contributed by atoms with Gasteiger partial charge in [-0.2, -0.15) is 26.3 Å². The molecule has 10 heteroatoms. The van der Waals surface area contributed by atoms with Crippen LogP contribution in [0.3, 0.4) is 0 Å². The maximum Gasteiger partial charge on any atom is 0.416 e. The number of likely N-dealkylation sites (N-methyl/N-ethyl adjacent to an activating group) is 1. The SMILES string of the molecule is CNC(=O)CNC(COCc1cc(C(F)(F)F)cc(C(F)(F)F)c1)C(c1ccccc1)c1ccccc1. The van der Waals surface area contributed by atoms with E-state index in [2.05, 4.69) is 10.6 Å². The summed E-state index contributed by atoms with van der Waals surface area (Å²) >= 11 is 0. The summed E-state index contributed by atoms with van der Waals surface area (Å²) in [5, 5.41) is 5.63. The minimum absolute atomic E-state index is 0.0670. The summed E-state index contributed by atoms with van der Waals surface area (Å²) in [6, 6.07) is 19.5. The van der Waals surface area contributed by atoms with Crippen LogP contribution in [-0.2, 0) is 28.5 Å². The van der Waals surface area contributed by atoms with E-state index < -0.39 is 36.1 Å². The van der Waals surface area contributed by atoms with E-state index in [1.54, 1.807) is 0 Å². The van der Waals surface area contributed by atoms with E-state index in [1.807, 2.05) is 60.7 Å². The first-order valence-corrected chi connectivity index (χ1v) is 11.4. The Morgan fingerprint density at radius 2 is 1.30 bits per heavy atom. The predicted octanol–water partition coefficient (Wildman–Crippen LogP) is 5.78. The minimum atomic E-state index is -4.95. The van der Waals surface area contributed by atoms with Gasteiger partial charge in [0, 0.05) is 19.0 Å². The van der Waals surface area contributed by atoms with E-state index in [4.69, 9.17) is 4.74 Å². The first kappa shape index (κ1) is 28.2. The Kier molecular flexibility index (Phi) is 9.34. The molecule has 0 aliphatic rings. The number of carbonyl (C=O) groups is 1. The minimum Gasteiger partial charge on any atom is -0.375 e. The molecule has 1 atom stereocenters. The Balaban J connectivity index is 1.89. The lowest BCUT2D eigenvalue weighted by molar-refractivity contribution is -0.143. The van der Waals surface area contributed by atoms with Crippen molar-refractivity contribution in [1.29, 1.82) is 0 Å². The van der Waals surface area contributed by atoms with Crippen molar-refractivity contribution in [2.45, 2.75) is 30.9 Å². The summed E-state index contributed by atoms with van der Waals surface area (Å²) in [6.45, 7) is -0.646. The van der Waals surface area contributed by atoms with Gasteiger partial charge in [-0.25, -0.2) is 0 Å². The van der Waals surface area contributed by atoms with E-state index in [-0.39, 0.29) is 36.6 Å². The molecule has 198 valence electrons. The number of alkyl halides is 6. The molecule has 3 aromatic rings. The summed E-state index contributed by atoms with van der Waals surface area (Å²) in [5.74, 6) is -0.614. The third kappa shape index (κ3) is 8.06. The number of nitrogens with one attached hydrogen (secondary N) is 2. The van der Waals surface area contributed by atoms with Gasteiger partial charge in [0.2, 0.25) is 5.91 Å². The van der Waals surface area contributed by atoms with E-state index >= 15 is 0 Å². The van der Waals surface area contributed by atoms with Gasteiger partial charge in [0.15, 0.2) is 0 Å². The van der Waals surface area contributed by atoms with Crippen LogP contribution in [0.5, 0.6) is 0 Å². The van der Waals surface area contributed by atoms with E-state index in [0.717, 1.165) is 11.1 Å². The van der Waals surface area contributed by atoms with Crippen molar-refractivity contribution in [1.82, 2.24) is 10.6 Å². The molecule has 0 saturated carbocycles. The van der Waals surface area contributed by atoms with Gasteiger partial charge >= 0.3 is 12.4 Å². The largest absolute Gasteiger partial charge is 0.416 e. The highest BCUT2D eigenvalue weighted by atomic mass is 19.4. The summed E-state index contributed by atoms with van der Waals surface area (Å²) in [4.78, 5) is 11.9. The highest BCUT2D eigenvalue weighted by Crippen LogP contribution is 2.36. The van der Waals surface area contributed by atoms with Crippen molar-refractivity contribution < 1.29 is 35.9 Å². The van der Waals surface area contributed by atoms with Crippen molar-refractivity contribution in [3.63, 3.8) is 0 Å². The second kappa shape index (κ2) is 12.2. The Bertz CT molecular complexity index is 1080. The Morgan fingerprint density at radius 1 is 0.811 bits per heavy atom. The smallest absolute Gasteiger partial charge is 0.375 e. The van der Waals surface area contributed by atoms with Gasteiger partial charge in [-0.1, -0.05) is 60.7 Å². The van der Waals surface area contributed by atoms with Gasteiger partial charge in [-0.15, -0.1) is 0 Å². The molecule has 0 saturated heterocycles. The zero-order valence-corrected chi connectivity index (χ0v) is 19.9. The second-order valence-electron chi connectivity index (χ2n) is 8.39. The van der Waals surface area contributed by atoms with Crippen LogP contribution < -0.4 is 10.6 Å². The van der Waals surface area contributed by atoms with Crippen LogP contribution in [-0.4, -0.2) is 32.1 Å². The molecule has 0 aromatic heterocycles. The maximum absolute atomic E-state index is 13.2. The number of rotatable bonds is 10. The monoisotopic (exact) mass is 524 g/mol. The lowest BCUT2D eigenvalue weighted by Gasteiger charge is -2.29. The fraction of sp³-hybridized carbons (Fsp3) is 0.296. The fourth-order valence-electron chi connectivity index (χ4n) is 3.97. The van der Waals surface area contributed by atoms with Crippen molar-refractivity contribution in [3.8, 4) is 0 Å². The normalized spacial score (nSPS) is 13.0. The van der Waals surface area contributed by atoms with Crippen LogP contribution in [0.4, 0.5) is 26.3 Å². The average molecular weight is 525 g/mol. The molecule has 0 radical (unpaired) electrons. The molecule has 0 bridgehead atoms. The lowest BCUT2D eigenvalue weighted by Crippen LogP contribution is -2.44. The van der Waals surface area contributed by atoms with Gasteiger partial charge in [-0.05, 0) is 34.9 Å². The highest BCUT2D eigenvalue weighted by Gasteiger charge is 2.37. The number of halogens is 6. The van der Waals surface area contributed by atoms with Gasteiger partial charge in [0.1, 0.15) is 0 Å². The zero-order valence-electron chi connectivity index (χ0n) is 19.9. The van der Waals surface area contributed by atoms with Crippen molar-refractivity contribution in [3.05, 3.63) is 107 Å². The van der Waals surface area contributed by atoms with Gasteiger partial charge in [0.25, 0.3) is 0 Å². The van der Waals surface area contributed by atoms with Crippen LogP contribution in [0.15, 0.2) is 78.9 Å². The Hall–Kier alpha value is -3.37. The average Bonchev–Trinajstić information content (AvgIpc) is 2.87. The van der Waals surface area contributed by atoms with E-state index in [9.17, 15) is 31.1 Å². The second-order valence-corrected chi connectivity index (χ2v) is 8.39. The first-order chi connectivity index (χ1) is 17.5. The summed E-state index contributed by atoms with van der Waals surface area (Å²) in [7, 11) is 1.48. The zero-order chi connectivity index (χ0) is 27.1. The van der Waals surface area contributed by atoms with E-state index in [1.165, 1.54) is 7.05 Å². The molecule has 1 unspecified atom stereocenters. The maximum atomic E-state index is 13.2. The number of hydrogen-bond acceptors (Lipinski definition) is 3. The third-order valence-corrected chi connectivity index (χ3v) is 5.74. The molecule has 3 rings (SSSR count). The van der Waals surface area contributed by atoms with Gasteiger partial charge in [-0.3, -0.25) is 4.79 Å². The van der Waals surface area contributed by atoms with Crippen LogP contribution in [0.25, 0.3) is 0 Å². The molecule has 37 heavy (non-hydrogen) atoms. The van der Waals surface area contributed by atoms with Crippen molar-refractivity contribution in [2.24, 2.45) is 0 Å². The number of ether oxygens (including phenoxy) is 1. The van der Waals surface area contributed by atoms with Gasteiger partial charge < -0.3 is 15.4 Å². The summed E-state index contributed by atoms with van der Waals surface area (Å²) in [5.41, 5.74) is -1.28. The molecular formula is C27H26F6N2O2. The van der Waals surface area contributed by atoms with Crippen molar-refractivity contribution >= 4 is 5.91 Å². The molecule has 0 aliphatic heterocycles. The standard InChI is InChI=1S/C27H26F6N2O2/c1-34-24(36)15-35-23(25(19-8-4-2-5-9-19)20-10-6-3-7-11-20)17-37-16-18-12-21(26(28,29)30)14-22(13-18)27(31,32)33/h2-14,23,25,35H,15-17H2,1H3,(H,34,36). The molecule has 3 aromatic carbocycles. The molecule has 4 nitrogen and oxygen atoms in total. The molecule has 0 fully saturated rings. The molecular weight excluding hydrogens is 498 g/mol. The third-order valence-electron chi connectivity index (χ3n) is 5.74.